The molecule has 0 aliphatic rings. The van der Waals surface area contributed by atoms with Gasteiger partial charge in [-0.15, -0.1) is 5.10 Å². The highest BCUT2D eigenvalue weighted by Gasteiger charge is 2.15. The van der Waals surface area contributed by atoms with E-state index >= 15 is 0 Å². The number of nitrogens with zero attached hydrogens (tertiary/aromatic N) is 4. The summed E-state index contributed by atoms with van der Waals surface area (Å²) in [7, 11) is 0. The van der Waals surface area contributed by atoms with E-state index in [1.165, 1.54) is 17.5 Å². The third kappa shape index (κ3) is 4.45. The van der Waals surface area contributed by atoms with Crippen molar-refractivity contribution in [2.45, 2.75) is 26.2 Å². The summed E-state index contributed by atoms with van der Waals surface area (Å²) in [4.78, 5) is 12.9. The lowest BCUT2D eigenvalue weighted by molar-refractivity contribution is 0.0948. The smallest absolute Gasteiger partial charge is 0.280 e. The summed E-state index contributed by atoms with van der Waals surface area (Å²) in [6.07, 6.45) is 3.41. The van der Waals surface area contributed by atoms with Crippen molar-refractivity contribution in [2.24, 2.45) is 0 Å². The highest BCUT2D eigenvalue weighted by Crippen LogP contribution is 2.28. The highest BCUT2D eigenvalue weighted by atomic mass is 16.5. The lowest BCUT2D eigenvalue weighted by atomic mass is 10.1. The zero-order chi connectivity index (χ0) is 23.3. The molecule has 5 rings (SSSR count). The molecule has 0 aliphatic heterocycles. The van der Waals surface area contributed by atoms with E-state index in [4.69, 9.17) is 9.26 Å². The molecule has 7 nitrogen and oxygen atoms in total. The monoisotopic (exact) mass is 452 g/mol. The molecular formula is C27H24N4O3. The minimum atomic E-state index is -0.238. The first-order valence-corrected chi connectivity index (χ1v) is 11.4. The fourth-order valence-electron chi connectivity index (χ4n) is 3.73. The van der Waals surface area contributed by atoms with Crippen LogP contribution in [0.4, 0.5) is 0 Å². The Balaban J connectivity index is 1.28. The number of hydrogen-bond acceptors (Lipinski definition) is 6. The van der Waals surface area contributed by atoms with Crippen molar-refractivity contribution in [3.8, 4) is 28.3 Å². The largest absolute Gasteiger partial charge is 0.494 e. The Morgan fingerprint density at radius 2 is 1.71 bits per heavy atom. The Morgan fingerprint density at radius 3 is 2.50 bits per heavy atom. The van der Waals surface area contributed by atoms with E-state index in [-0.39, 0.29) is 5.91 Å². The minimum absolute atomic E-state index is 0.238. The van der Waals surface area contributed by atoms with Crippen LogP contribution in [0.2, 0.25) is 0 Å². The zero-order valence-electron chi connectivity index (χ0n) is 18.8. The second-order valence-electron chi connectivity index (χ2n) is 8.03. The minimum Gasteiger partial charge on any atom is -0.494 e. The van der Waals surface area contributed by atoms with Crippen LogP contribution in [0.25, 0.3) is 33.6 Å². The van der Waals surface area contributed by atoms with Gasteiger partial charge in [0.2, 0.25) is 0 Å². The van der Waals surface area contributed by atoms with Gasteiger partial charge in [0.15, 0.2) is 5.76 Å². The molecule has 0 radical (unpaired) electrons. The Labute approximate surface area is 197 Å². The molecule has 0 spiro atoms. The van der Waals surface area contributed by atoms with Gasteiger partial charge in [-0.2, -0.15) is 4.68 Å². The normalized spacial score (nSPS) is 11.1. The number of unbranched alkanes of at least 4 members (excludes halogenated alkanes) is 2. The summed E-state index contributed by atoms with van der Waals surface area (Å²) in [6, 6.07) is 24.3. The molecule has 2 heterocycles. The standard InChI is InChI=1S/C27H24N4O3/c1-2-3-6-17-33-22-15-13-20(14-16-22)26-18-24(29-34-26)19-9-11-21(12-10-19)27(32)31-25-8-5-4-7-23(25)28-30-31/h4-5,7-16,18H,2-3,6,17H2,1H3. The number of rotatable bonds is 8. The Bertz CT molecular complexity index is 1400. The van der Waals surface area contributed by atoms with Crippen LogP contribution >= 0.6 is 0 Å². The summed E-state index contributed by atoms with van der Waals surface area (Å²) in [6.45, 7) is 2.90. The maximum absolute atomic E-state index is 12.9. The van der Waals surface area contributed by atoms with Crippen molar-refractivity contribution in [3.63, 3.8) is 0 Å². The summed E-state index contributed by atoms with van der Waals surface area (Å²) < 4.78 is 12.6. The molecule has 3 aromatic carbocycles. The second kappa shape index (κ2) is 9.70. The van der Waals surface area contributed by atoms with E-state index in [0.717, 1.165) is 29.9 Å². The second-order valence-corrected chi connectivity index (χ2v) is 8.03. The highest BCUT2D eigenvalue weighted by molar-refractivity contribution is 6.00. The average molecular weight is 453 g/mol. The third-order valence-corrected chi connectivity index (χ3v) is 5.64. The molecule has 0 unspecified atom stereocenters. The summed E-state index contributed by atoms with van der Waals surface area (Å²) in [5.74, 6) is 1.28. The van der Waals surface area contributed by atoms with Gasteiger partial charge in [0.25, 0.3) is 5.91 Å². The SMILES string of the molecule is CCCCCOc1ccc(-c2cc(-c3ccc(C(=O)n4nnc5ccccc54)cc3)no2)cc1. The van der Waals surface area contributed by atoms with E-state index in [2.05, 4.69) is 22.4 Å². The average Bonchev–Trinajstić information content (AvgIpc) is 3.55. The topological polar surface area (TPSA) is 83.0 Å². The molecule has 5 aromatic rings. The molecule has 0 saturated heterocycles. The molecule has 0 fully saturated rings. The van der Waals surface area contributed by atoms with Gasteiger partial charge < -0.3 is 9.26 Å². The summed E-state index contributed by atoms with van der Waals surface area (Å²) in [5.41, 5.74) is 4.34. The van der Waals surface area contributed by atoms with Gasteiger partial charge >= 0.3 is 0 Å². The van der Waals surface area contributed by atoms with Crippen molar-refractivity contribution in [1.29, 1.82) is 0 Å². The van der Waals surface area contributed by atoms with Crippen molar-refractivity contribution in [2.75, 3.05) is 6.61 Å². The zero-order valence-corrected chi connectivity index (χ0v) is 18.8. The van der Waals surface area contributed by atoms with Gasteiger partial charge in [-0.3, -0.25) is 4.79 Å². The number of carbonyl (C=O) groups is 1. The number of aromatic nitrogens is 4. The van der Waals surface area contributed by atoms with Crippen LogP contribution < -0.4 is 4.74 Å². The predicted molar refractivity (Wildman–Crippen MR) is 130 cm³/mol. The maximum atomic E-state index is 12.9. The molecule has 7 heteroatoms. The number of para-hydroxylation sites is 1. The third-order valence-electron chi connectivity index (χ3n) is 5.64. The Hall–Kier alpha value is -4.26. The molecule has 0 amide bonds. The molecule has 0 bridgehead atoms. The van der Waals surface area contributed by atoms with Gasteiger partial charge in [0, 0.05) is 22.8 Å². The van der Waals surface area contributed by atoms with Crippen LogP contribution in [0, 0.1) is 0 Å². The Morgan fingerprint density at radius 1 is 0.941 bits per heavy atom. The van der Waals surface area contributed by atoms with E-state index in [1.54, 1.807) is 12.1 Å². The number of benzene rings is 3. The number of hydrogen-bond donors (Lipinski definition) is 0. The lowest BCUT2D eigenvalue weighted by Crippen LogP contribution is -2.13. The molecule has 34 heavy (non-hydrogen) atoms. The quantitative estimate of drug-likeness (QED) is 0.268. The van der Waals surface area contributed by atoms with Crippen LogP contribution in [0.5, 0.6) is 5.75 Å². The first-order chi connectivity index (χ1) is 16.7. The first kappa shape index (κ1) is 21.6. The van der Waals surface area contributed by atoms with Gasteiger partial charge in [-0.25, -0.2) is 0 Å². The number of ether oxygens (including phenoxy) is 1. The fraction of sp³-hybridized carbons (Fsp3) is 0.185. The first-order valence-electron chi connectivity index (χ1n) is 11.4. The molecule has 2 aromatic heterocycles. The van der Waals surface area contributed by atoms with Crippen LogP contribution in [0.1, 0.15) is 36.5 Å². The van der Waals surface area contributed by atoms with Crippen molar-refractivity contribution >= 4 is 16.9 Å². The van der Waals surface area contributed by atoms with Crippen LogP contribution in [0.15, 0.2) is 83.4 Å². The predicted octanol–water partition coefficient (Wildman–Crippen LogP) is 6.01. The van der Waals surface area contributed by atoms with Crippen molar-refractivity contribution in [1.82, 2.24) is 20.2 Å². The van der Waals surface area contributed by atoms with Gasteiger partial charge in [0.1, 0.15) is 17.0 Å². The van der Waals surface area contributed by atoms with E-state index in [0.29, 0.717) is 28.1 Å². The van der Waals surface area contributed by atoms with E-state index in [1.807, 2.05) is 66.7 Å². The summed E-state index contributed by atoms with van der Waals surface area (Å²) in [5, 5.41) is 12.3. The van der Waals surface area contributed by atoms with Crippen molar-refractivity contribution in [3.05, 3.63) is 84.4 Å². The molecule has 0 aliphatic carbocycles. The number of carbonyl (C=O) groups excluding carboxylic acids is 1. The molecule has 0 saturated carbocycles. The van der Waals surface area contributed by atoms with Gasteiger partial charge in [-0.1, -0.05) is 54.4 Å². The van der Waals surface area contributed by atoms with Crippen LogP contribution in [0.3, 0.4) is 0 Å². The Kier molecular flexibility index (Phi) is 6.16. The molecule has 170 valence electrons. The van der Waals surface area contributed by atoms with E-state index < -0.39 is 0 Å². The molecule has 0 N–H and O–H groups in total. The van der Waals surface area contributed by atoms with Crippen LogP contribution in [-0.2, 0) is 0 Å². The fourth-order valence-corrected chi connectivity index (χ4v) is 3.73. The molecule has 0 atom stereocenters. The maximum Gasteiger partial charge on any atom is 0.280 e. The lowest BCUT2D eigenvalue weighted by Gasteiger charge is -2.05. The summed E-state index contributed by atoms with van der Waals surface area (Å²) >= 11 is 0. The van der Waals surface area contributed by atoms with Crippen molar-refractivity contribution < 1.29 is 14.1 Å². The van der Waals surface area contributed by atoms with Gasteiger partial charge in [0.05, 0.1) is 12.1 Å². The van der Waals surface area contributed by atoms with Gasteiger partial charge in [-0.05, 0) is 55.0 Å². The number of fused-ring (bicyclic) bond motifs is 1. The van der Waals surface area contributed by atoms with Crippen LogP contribution in [-0.4, -0.2) is 32.7 Å². The molecular weight excluding hydrogens is 428 g/mol. The van der Waals surface area contributed by atoms with E-state index in [9.17, 15) is 4.79 Å².